The molecule has 0 saturated carbocycles. The fraction of sp³-hybridized carbons (Fsp3) is 0.571. The van der Waals surface area contributed by atoms with Crippen LogP contribution in [0.25, 0.3) is 0 Å². The molecule has 114 valence electrons. The fourth-order valence-corrected chi connectivity index (χ4v) is 2.86. The normalized spacial score (nSPS) is 12.7. The smallest absolute Gasteiger partial charge is 0.244 e. The first kappa shape index (κ1) is 16.8. The van der Waals surface area contributed by atoms with Crippen LogP contribution in [0.15, 0.2) is 23.1 Å². The SMILES string of the molecule is CCC(C)(CC)Nc1cccc(S(=O)(=O)N(C)C)c1N. The Morgan fingerprint density at radius 2 is 1.80 bits per heavy atom. The van der Waals surface area contributed by atoms with Crippen LogP contribution in [0.4, 0.5) is 11.4 Å². The maximum absolute atomic E-state index is 12.2. The Hall–Kier alpha value is -1.27. The van der Waals surface area contributed by atoms with Gasteiger partial charge in [-0.25, -0.2) is 12.7 Å². The van der Waals surface area contributed by atoms with E-state index in [-0.39, 0.29) is 16.1 Å². The molecule has 0 saturated heterocycles. The molecule has 5 nitrogen and oxygen atoms in total. The minimum Gasteiger partial charge on any atom is -0.396 e. The molecule has 0 amide bonds. The van der Waals surface area contributed by atoms with Gasteiger partial charge in [0.15, 0.2) is 0 Å². The van der Waals surface area contributed by atoms with E-state index in [1.807, 2.05) is 6.07 Å². The Labute approximate surface area is 122 Å². The van der Waals surface area contributed by atoms with Crippen molar-refractivity contribution < 1.29 is 8.42 Å². The van der Waals surface area contributed by atoms with E-state index in [1.54, 1.807) is 6.07 Å². The molecule has 0 aromatic heterocycles. The van der Waals surface area contributed by atoms with Gasteiger partial charge in [0.2, 0.25) is 10.0 Å². The number of rotatable bonds is 6. The Morgan fingerprint density at radius 1 is 1.25 bits per heavy atom. The average molecular weight is 299 g/mol. The molecule has 0 heterocycles. The highest BCUT2D eigenvalue weighted by Crippen LogP contribution is 2.31. The van der Waals surface area contributed by atoms with Crippen LogP contribution in [0.2, 0.25) is 0 Å². The zero-order valence-electron chi connectivity index (χ0n) is 12.9. The number of nitrogen functional groups attached to an aromatic ring is 1. The van der Waals surface area contributed by atoms with Gasteiger partial charge in [-0.2, -0.15) is 0 Å². The molecule has 0 unspecified atom stereocenters. The summed E-state index contributed by atoms with van der Waals surface area (Å²) in [6.07, 6.45) is 1.85. The van der Waals surface area contributed by atoms with Crippen molar-refractivity contribution in [1.82, 2.24) is 4.31 Å². The van der Waals surface area contributed by atoms with Crippen molar-refractivity contribution in [3.05, 3.63) is 18.2 Å². The van der Waals surface area contributed by atoms with E-state index in [0.717, 1.165) is 12.8 Å². The minimum atomic E-state index is -3.53. The highest BCUT2D eigenvalue weighted by Gasteiger charge is 2.25. The van der Waals surface area contributed by atoms with Gasteiger partial charge in [-0.15, -0.1) is 0 Å². The molecular weight excluding hydrogens is 274 g/mol. The number of nitrogens with one attached hydrogen (secondary N) is 1. The van der Waals surface area contributed by atoms with Crippen molar-refractivity contribution in [2.45, 2.75) is 44.0 Å². The van der Waals surface area contributed by atoms with Gasteiger partial charge in [0.1, 0.15) is 4.90 Å². The standard InChI is InChI=1S/C14H25N3O2S/c1-6-14(3,7-2)16-11-9-8-10-12(13(11)15)20(18,19)17(4)5/h8-10,16H,6-7,15H2,1-5H3. The number of anilines is 2. The van der Waals surface area contributed by atoms with E-state index in [4.69, 9.17) is 5.73 Å². The predicted molar refractivity (Wildman–Crippen MR) is 84.3 cm³/mol. The maximum Gasteiger partial charge on any atom is 0.244 e. The van der Waals surface area contributed by atoms with Crippen LogP contribution in [0, 0.1) is 0 Å². The summed E-state index contributed by atoms with van der Waals surface area (Å²) >= 11 is 0. The van der Waals surface area contributed by atoms with Crippen molar-refractivity contribution in [3.63, 3.8) is 0 Å². The van der Waals surface area contributed by atoms with E-state index < -0.39 is 10.0 Å². The summed E-state index contributed by atoms with van der Waals surface area (Å²) in [4.78, 5) is 0.141. The predicted octanol–water partition coefficient (Wildman–Crippen LogP) is 2.51. The van der Waals surface area contributed by atoms with E-state index in [1.165, 1.54) is 24.5 Å². The maximum atomic E-state index is 12.2. The zero-order valence-corrected chi connectivity index (χ0v) is 13.7. The molecule has 3 N–H and O–H groups in total. The molecule has 1 aromatic rings. The fourth-order valence-electron chi connectivity index (χ4n) is 1.83. The second-order valence-electron chi connectivity index (χ2n) is 5.40. The van der Waals surface area contributed by atoms with E-state index in [9.17, 15) is 8.42 Å². The third-order valence-electron chi connectivity index (χ3n) is 3.82. The average Bonchev–Trinajstić information content (AvgIpc) is 2.40. The third-order valence-corrected chi connectivity index (χ3v) is 5.70. The summed E-state index contributed by atoms with van der Waals surface area (Å²) in [5.74, 6) is 0. The Balaban J connectivity index is 3.28. The topological polar surface area (TPSA) is 75.4 Å². The van der Waals surface area contributed by atoms with Gasteiger partial charge in [-0.1, -0.05) is 19.9 Å². The number of nitrogens with two attached hydrogens (primary N) is 1. The molecule has 0 bridgehead atoms. The summed E-state index contributed by atoms with van der Waals surface area (Å²) in [5, 5.41) is 3.37. The zero-order chi connectivity index (χ0) is 15.6. The molecule has 20 heavy (non-hydrogen) atoms. The van der Waals surface area contributed by atoms with Crippen LogP contribution in [-0.2, 0) is 10.0 Å². The first-order valence-corrected chi connectivity index (χ1v) is 8.21. The summed E-state index contributed by atoms with van der Waals surface area (Å²) < 4.78 is 25.6. The molecule has 1 aromatic carbocycles. The van der Waals surface area contributed by atoms with Crippen molar-refractivity contribution in [3.8, 4) is 0 Å². The molecule has 0 aliphatic heterocycles. The van der Waals surface area contributed by atoms with Gasteiger partial charge in [0.25, 0.3) is 0 Å². The number of sulfonamides is 1. The van der Waals surface area contributed by atoms with Crippen molar-refractivity contribution >= 4 is 21.4 Å². The lowest BCUT2D eigenvalue weighted by atomic mass is 9.95. The van der Waals surface area contributed by atoms with Gasteiger partial charge in [0, 0.05) is 19.6 Å². The first-order valence-electron chi connectivity index (χ1n) is 6.77. The van der Waals surface area contributed by atoms with Crippen LogP contribution in [0.3, 0.4) is 0 Å². The lowest BCUT2D eigenvalue weighted by molar-refractivity contribution is 0.478. The number of nitrogens with zero attached hydrogens (tertiary/aromatic N) is 1. The summed E-state index contributed by atoms with van der Waals surface area (Å²) in [5.41, 5.74) is 6.89. The quantitative estimate of drug-likeness (QED) is 0.791. The molecule has 0 spiro atoms. The molecule has 1 rings (SSSR count). The minimum absolute atomic E-state index is 0.103. The molecule has 0 aliphatic rings. The van der Waals surface area contributed by atoms with Crippen LogP contribution in [0.5, 0.6) is 0 Å². The largest absolute Gasteiger partial charge is 0.396 e. The van der Waals surface area contributed by atoms with Gasteiger partial charge in [-0.05, 0) is 31.9 Å². The highest BCUT2D eigenvalue weighted by molar-refractivity contribution is 7.89. The van der Waals surface area contributed by atoms with Crippen molar-refractivity contribution in [2.24, 2.45) is 0 Å². The van der Waals surface area contributed by atoms with Crippen LogP contribution >= 0.6 is 0 Å². The number of hydrogen-bond acceptors (Lipinski definition) is 4. The highest BCUT2D eigenvalue weighted by atomic mass is 32.2. The molecule has 0 radical (unpaired) electrons. The number of benzene rings is 1. The van der Waals surface area contributed by atoms with E-state index >= 15 is 0 Å². The number of para-hydroxylation sites is 1. The van der Waals surface area contributed by atoms with Crippen LogP contribution in [0.1, 0.15) is 33.6 Å². The van der Waals surface area contributed by atoms with Crippen LogP contribution in [-0.4, -0.2) is 32.4 Å². The lowest BCUT2D eigenvalue weighted by Crippen LogP contribution is -2.33. The molecule has 6 heteroatoms. The molecular formula is C14H25N3O2S. The van der Waals surface area contributed by atoms with Crippen molar-refractivity contribution in [2.75, 3.05) is 25.1 Å². The van der Waals surface area contributed by atoms with Crippen LogP contribution < -0.4 is 11.1 Å². The monoisotopic (exact) mass is 299 g/mol. The summed E-state index contributed by atoms with van der Waals surface area (Å²) in [7, 11) is -0.537. The Morgan fingerprint density at radius 3 is 2.25 bits per heavy atom. The van der Waals surface area contributed by atoms with Gasteiger partial charge in [0.05, 0.1) is 11.4 Å². The lowest BCUT2D eigenvalue weighted by Gasteiger charge is -2.30. The Bertz CT molecular complexity index is 564. The molecule has 0 aliphatic carbocycles. The van der Waals surface area contributed by atoms with Gasteiger partial charge < -0.3 is 11.1 Å². The summed E-state index contributed by atoms with van der Waals surface area (Å²) in [6.45, 7) is 6.28. The third kappa shape index (κ3) is 3.24. The van der Waals surface area contributed by atoms with Gasteiger partial charge in [-0.3, -0.25) is 0 Å². The second kappa shape index (κ2) is 6.01. The first-order chi connectivity index (χ1) is 9.18. The van der Waals surface area contributed by atoms with E-state index in [0.29, 0.717) is 5.69 Å². The van der Waals surface area contributed by atoms with Crippen molar-refractivity contribution in [1.29, 1.82) is 0 Å². The van der Waals surface area contributed by atoms with Gasteiger partial charge >= 0.3 is 0 Å². The number of hydrogen-bond donors (Lipinski definition) is 2. The van der Waals surface area contributed by atoms with E-state index in [2.05, 4.69) is 26.1 Å². The second-order valence-corrected chi connectivity index (χ2v) is 7.52. The molecule has 0 atom stereocenters. The Kier molecular flexibility index (Phi) is 5.05. The summed E-state index contributed by atoms with van der Waals surface area (Å²) in [6, 6.07) is 5.06. The molecule has 0 fully saturated rings.